The summed E-state index contributed by atoms with van der Waals surface area (Å²) in [5.41, 5.74) is 0. The highest BCUT2D eigenvalue weighted by Gasteiger charge is 2.95. The maximum absolute atomic E-state index is 13.4. The highest BCUT2D eigenvalue weighted by atomic mass is 32.2. The Morgan fingerprint density at radius 2 is 0.825 bits per heavy atom. The van der Waals surface area contributed by atoms with Crippen molar-refractivity contribution < 1.29 is 96.4 Å². The van der Waals surface area contributed by atoms with Crippen molar-refractivity contribution in [3.05, 3.63) is 30.6 Å². The third-order valence-electron chi connectivity index (χ3n) is 4.41. The molecule has 1 N–H and O–H groups in total. The van der Waals surface area contributed by atoms with Gasteiger partial charge in [0.15, 0.2) is 0 Å². The summed E-state index contributed by atoms with van der Waals surface area (Å²) in [4.78, 5) is 3.78. The van der Waals surface area contributed by atoms with Gasteiger partial charge in [0.1, 0.15) is 0 Å². The second-order valence-electron chi connectivity index (χ2n) is 7.28. The van der Waals surface area contributed by atoms with Crippen LogP contribution in [-0.2, 0) is 10.1 Å². The van der Waals surface area contributed by atoms with Gasteiger partial charge >= 0.3 is 63.0 Å². The molecule has 0 fully saturated rings. The first-order valence-corrected chi connectivity index (χ1v) is 10.6. The van der Waals surface area contributed by atoms with Crippen LogP contribution in [0.25, 0.3) is 0 Å². The lowest BCUT2D eigenvalue weighted by Gasteiger charge is -2.43. The van der Waals surface area contributed by atoms with E-state index in [1.54, 1.807) is 12.4 Å². The normalized spacial score (nSPS) is 15.4. The van der Waals surface area contributed by atoms with Gasteiger partial charge in [-0.3, -0.25) is 9.54 Å². The number of hydrogen-bond acceptors (Lipinski definition) is 3. The molecule has 0 saturated heterocycles. The number of aromatic nitrogens is 1. The predicted molar refractivity (Wildman–Crippen MR) is 90.7 cm³/mol. The molecule has 1 heterocycles. The fourth-order valence-corrected chi connectivity index (χ4v) is 2.58. The van der Waals surface area contributed by atoms with Crippen LogP contribution in [0.15, 0.2) is 30.6 Å². The van der Waals surface area contributed by atoms with Crippen LogP contribution in [0.2, 0.25) is 0 Å². The molecule has 0 aliphatic carbocycles. The number of alkyl halides is 19. The van der Waals surface area contributed by atoms with Gasteiger partial charge in [0.2, 0.25) is 0 Å². The van der Waals surface area contributed by atoms with Crippen LogP contribution < -0.4 is 0 Å². The molecule has 0 aromatic carbocycles. The van der Waals surface area contributed by atoms with Crippen LogP contribution in [-0.4, -0.2) is 70.8 Å². The van der Waals surface area contributed by atoms with Crippen LogP contribution in [0.3, 0.4) is 0 Å². The first-order valence-electron chi connectivity index (χ1n) is 9.12. The molecule has 0 spiro atoms. The molecule has 236 valence electrons. The lowest BCUT2D eigenvalue weighted by Crippen LogP contribution is -2.75. The summed E-state index contributed by atoms with van der Waals surface area (Å²) in [7, 11) is -7.96. The maximum Gasteiger partial charge on any atom is 0.438 e. The van der Waals surface area contributed by atoms with E-state index in [1.807, 2.05) is 18.2 Å². The second-order valence-corrected chi connectivity index (χ2v) is 8.75. The van der Waals surface area contributed by atoms with Crippen molar-refractivity contribution >= 4 is 10.1 Å². The Morgan fingerprint density at radius 3 is 1.07 bits per heavy atom. The predicted octanol–water partition coefficient (Wildman–Crippen LogP) is 7.34. The zero-order valence-corrected chi connectivity index (χ0v) is 18.9. The Morgan fingerprint density at radius 1 is 0.500 bits per heavy atom. The summed E-state index contributed by atoms with van der Waals surface area (Å²) < 4.78 is 275. The van der Waals surface area contributed by atoms with Gasteiger partial charge in [-0.05, 0) is 12.1 Å². The van der Waals surface area contributed by atoms with E-state index >= 15 is 0 Å². The molecule has 0 saturated carbocycles. The highest BCUT2D eigenvalue weighted by Crippen LogP contribution is 2.64. The SMILES string of the molecule is O=S(=O)(O)C(F)(F)C(F)(F)C(F)(F)C(F)(F)C(F)(F)C(F)(F)C(F)(F)C(F)(F)CCC(F)(F)F.c1ccncc1. The molecule has 24 heteroatoms. The van der Waals surface area contributed by atoms with Crippen molar-refractivity contribution in [3.63, 3.8) is 0 Å². The quantitative estimate of drug-likeness (QED) is 0.211. The minimum atomic E-state index is -8.97. The second kappa shape index (κ2) is 10.9. The molecule has 4 nitrogen and oxygen atoms in total. The summed E-state index contributed by atoms with van der Waals surface area (Å²) in [6.07, 6.45) is -9.17. The molecule has 1 aromatic rings. The number of hydrogen-bond donors (Lipinski definition) is 1. The molecule has 0 aliphatic rings. The Kier molecular flexibility index (Phi) is 10.2. The van der Waals surface area contributed by atoms with Crippen molar-refractivity contribution in [2.24, 2.45) is 0 Å². The van der Waals surface area contributed by atoms with Crippen LogP contribution in [0, 0.1) is 0 Å². The van der Waals surface area contributed by atoms with Crippen LogP contribution in [0.4, 0.5) is 83.4 Å². The van der Waals surface area contributed by atoms with E-state index in [0.717, 1.165) is 0 Å². The van der Waals surface area contributed by atoms with Gasteiger partial charge in [-0.15, -0.1) is 0 Å². The fraction of sp³-hybridized carbons (Fsp3) is 0.688. The standard InChI is InChI=1S/C11H5F19O3S.C5H5N/c12-3(13,1-2-4(14,15)16)5(17,18)6(19,20)7(21,22)8(23,24)9(25,26)10(27,28)11(29,30)34(31,32)33;1-2-4-6-5-3-1/h1-2H2,(H,31,32,33);1-5H. The molecule has 0 atom stereocenters. The van der Waals surface area contributed by atoms with E-state index in [9.17, 15) is 91.8 Å². The first kappa shape index (κ1) is 37.7. The molecular weight excluding hydrogens is 647 g/mol. The number of pyridine rings is 1. The molecule has 40 heavy (non-hydrogen) atoms. The molecule has 0 unspecified atom stereocenters. The highest BCUT2D eigenvalue weighted by molar-refractivity contribution is 7.87. The maximum atomic E-state index is 13.4. The van der Waals surface area contributed by atoms with Crippen LogP contribution in [0.1, 0.15) is 12.8 Å². The molecule has 1 aromatic heterocycles. The summed E-state index contributed by atoms with van der Waals surface area (Å²) >= 11 is 0. The molecule has 1 rings (SSSR count). The monoisotopic (exact) mass is 657 g/mol. The van der Waals surface area contributed by atoms with Gasteiger partial charge < -0.3 is 0 Å². The van der Waals surface area contributed by atoms with Gasteiger partial charge in [0.25, 0.3) is 0 Å². The summed E-state index contributed by atoms with van der Waals surface area (Å²) in [5.74, 6) is -59.2. The molecule has 0 bridgehead atoms. The zero-order chi connectivity index (χ0) is 32.7. The van der Waals surface area contributed by atoms with Crippen LogP contribution in [0.5, 0.6) is 0 Å². The Bertz CT molecular complexity index is 1060. The minimum Gasteiger partial charge on any atom is -0.281 e. The van der Waals surface area contributed by atoms with E-state index in [0.29, 0.717) is 0 Å². The average Bonchev–Trinajstić information content (AvgIpc) is 2.77. The number of halogens is 19. The van der Waals surface area contributed by atoms with Gasteiger partial charge in [-0.25, -0.2) is 0 Å². The van der Waals surface area contributed by atoms with E-state index in [1.165, 1.54) is 0 Å². The van der Waals surface area contributed by atoms with Crippen molar-refractivity contribution in [1.82, 2.24) is 4.98 Å². The lowest BCUT2D eigenvalue weighted by atomic mass is 9.88. The average molecular weight is 657 g/mol. The number of nitrogens with zero attached hydrogens (tertiary/aromatic N) is 1. The Labute approximate surface area is 208 Å². The Balaban J connectivity index is 0.00000221. The van der Waals surface area contributed by atoms with Gasteiger partial charge in [-0.2, -0.15) is 91.8 Å². The largest absolute Gasteiger partial charge is 0.438 e. The van der Waals surface area contributed by atoms with E-state index in [2.05, 4.69) is 4.98 Å². The van der Waals surface area contributed by atoms with Crippen molar-refractivity contribution in [1.29, 1.82) is 0 Å². The summed E-state index contributed by atoms with van der Waals surface area (Å²) in [6.45, 7) is 0. The van der Waals surface area contributed by atoms with E-state index in [-0.39, 0.29) is 0 Å². The molecule has 0 aliphatic heterocycles. The summed E-state index contributed by atoms with van der Waals surface area (Å²) in [6, 6.07) is 5.72. The van der Waals surface area contributed by atoms with Crippen molar-refractivity contribution in [3.8, 4) is 0 Å². The third-order valence-corrected chi connectivity index (χ3v) is 5.31. The Hall–Kier alpha value is -2.27. The minimum absolute atomic E-state index is 1.75. The van der Waals surface area contributed by atoms with E-state index in [4.69, 9.17) is 4.55 Å². The molecule has 0 amide bonds. The first-order chi connectivity index (χ1) is 17.2. The van der Waals surface area contributed by atoms with Crippen LogP contribution >= 0.6 is 0 Å². The zero-order valence-electron chi connectivity index (χ0n) is 18.1. The fourth-order valence-electron chi connectivity index (χ4n) is 2.13. The third kappa shape index (κ3) is 6.30. The van der Waals surface area contributed by atoms with Crippen molar-refractivity contribution in [2.45, 2.75) is 65.7 Å². The van der Waals surface area contributed by atoms with Gasteiger partial charge in [0, 0.05) is 25.2 Å². The lowest BCUT2D eigenvalue weighted by molar-refractivity contribution is -0.449. The smallest absolute Gasteiger partial charge is 0.281 e. The topological polar surface area (TPSA) is 67.3 Å². The van der Waals surface area contributed by atoms with Crippen molar-refractivity contribution in [2.75, 3.05) is 0 Å². The molecular formula is C16H10F19NO3S. The molecule has 0 radical (unpaired) electrons. The van der Waals surface area contributed by atoms with E-state index < -0.39 is 75.8 Å². The van der Waals surface area contributed by atoms with Gasteiger partial charge in [0.05, 0.1) is 0 Å². The van der Waals surface area contributed by atoms with Gasteiger partial charge in [-0.1, -0.05) is 6.07 Å². The number of rotatable bonds is 10. The summed E-state index contributed by atoms with van der Waals surface area (Å²) in [5, 5.41) is -7.91.